The van der Waals surface area contributed by atoms with Crippen LogP contribution in [-0.2, 0) is 10.4 Å². The molecule has 0 rings (SSSR count). The molecule has 222 valence electrons. The van der Waals surface area contributed by atoms with Gasteiger partial charge < -0.3 is 8.97 Å². The van der Waals surface area contributed by atoms with Gasteiger partial charge in [-0.3, -0.25) is 9.11 Å². The fraction of sp³-hybridized carbons (Fsp3) is 1.00. The van der Waals surface area contributed by atoms with E-state index in [-0.39, 0.29) is 0 Å². The van der Waals surface area contributed by atoms with Crippen LogP contribution in [0.1, 0.15) is 138 Å². The maximum absolute atomic E-state index is 8.74. The first-order valence-electron chi connectivity index (χ1n) is 15.3. The van der Waals surface area contributed by atoms with Gasteiger partial charge in [0.15, 0.2) is 0 Å². The van der Waals surface area contributed by atoms with Crippen LogP contribution in [0.15, 0.2) is 0 Å². The SMILES string of the molecule is CCCC[N+](C)(CCCC)CCCC.CCCC[N+](CCCC)(CCCC)CCCC.O=S(=O)(O)O. The quantitative estimate of drug-likeness (QED) is 0.114. The van der Waals surface area contributed by atoms with E-state index >= 15 is 0 Å². The van der Waals surface area contributed by atoms with Crippen LogP contribution in [-0.4, -0.2) is 79.4 Å². The van der Waals surface area contributed by atoms with Crippen molar-refractivity contribution in [3.8, 4) is 0 Å². The lowest BCUT2D eigenvalue weighted by Crippen LogP contribution is -2.50. The molecule has 0 radical (unpaired) electrons. The molecule has 0 heterocycles. The lowest BCUT2D eigenvalue weighted by Gasteiger charge is -2.39. The van der Waals surface area contributed by atoms with Crippen molar-refractivity contribution in [2.45, 2.75) is 138 Å². The molecule has 0 aliphatic carbocycles. The molecule has 0 amide bonds. The Morgan fingerprint density at radius 1 is 0.444 bits per heavy atom. The van der Waals surface area contributed by atoms with Crippen molar-refractivity contribution < 1.29 is 26.5 Å². The Bertz CT molecular complexity index is 474. The second kappa shape index (κ2) is 26.4. The van der Waals surface area contributed by atoms with E-state index in [9.17, 15) is 0 Å². The first-order chi connectivity index (χ1) is 16.9. The highest BCUT2D eigenvalue weighted by Crippen LogP contribution is 2.16. The lowest BCUT2D eigenvalue weighted by atomic mass is 10.1. The van der Waals surface area contributed by atoms with E-state index in [4.69, 9.17) is 17.5 Å². The highest BCUT2D eigenvalue weighted by atomic mass is 32.3. The number of nitrogens with zero attached hydrogens (tertiary/aromatic N) is 2. The van der Waals surface area contributed by atoms with Crippen LogP contribution in [0.2, 0.25) is 0 Å². The van der Waals surface area contributed by atoms with E-state index in [1.165, 1.54) is 145 Å². The van der Waals surface area contributed by atoms with Crippen molar-refractivity contribution >= 4 is 10.4 Å². The third kappa shape index (κ3) is 30.0. The van der Waals surface area contributed by atoms with Crippen LogP contribution in [0, 0.1) is 0 Å². The van der Waals surface area contributed by atoms with Crippen LogP contribution in [0.25, 0.3) is 0 Å². The Balaban J connectivity index is -0.000000515. The third-order valence-electron chi connectivity index (χ3n) is 7.10. The summed E-state index contributed by atoms with van der Waals surface area (Å²) in [7, 11) is -2.22. The molecule has 0 saturated carbocycles. The van der Waals surface area contributed by atoms with E-state index in [2.05, 4.69) is 55.5 Å². The molecule has 0 saturated heterocycles. The van der Waals surface area contributed by atoms with Gasteiger partial charge in [0.1, 0.15) is 0 Å². The molecular formula is C29H68N2O4S+2. The molecule has 7 heteroatoms. The van der Waals surface area contributed by atoms with E-state index < -0.39 is 10.4 Å². The van der Waals surface area contributed by atoms with E-state index in [0.29, 0.717) is 0 Å². The summed E-state index contributed by atoms with van der Waals surface area (Å²) < 4.78 is 34.3. The summed E-state index contributed by atoms with van der Waals surface area (Å²) in [6.07, 6.45) is 19.3. The number of hydrogen-bond acceptors (Lipinski definition) is 2. The standard InChI is InChI=1S/C16H36N.C13H30N.H2O4S/c1-5-9-13-17(14-10-6-2,15-11-7-3)16-12-8-4;1-5-8-11-14(4,12-9-6-2)13-10-7-3;1-5(2,3)4/h5-16H2,1-4H3;5-13H2,1-4H3;(H2,1,2,3,4)/q2*+1;. The minimum absolute atomic E-state index is 1.32. The topological polar surface area (TPSA) is 74.6 Å². The van der Waals surface area contributed by atoms with Crippen molar-refractivity contribution in [1.82, 2.24) is 0 Å². The van der Waals surface area contributed by atoms with Gasteiger partial charge in [0.05, 0.1) is 52.9 Å². The van der Waals surface area contributed by atoms with Crippen LogP contribution >= 0.6 is 0 Å². The van der Waals surface area contributed by atoms with Gasteiger partial charge in [0, 0.05) is 0 Å². The Hall–Kier alpha value is -0.210. The largest absolute Gasteiger partial charge is 0.394 e. The molecule has 0 aliphatic rings. The number of rotatable bonds is 21. The van der Waals surface area contributed by atoms with Gasteiger partial charge >= 0.3 is 10.4 Å². The molecule has 0 fully saturated rings. The monoisotopic (exact) mass is 540 g/mol. The van der Waals surface area contributed by atoms with Crippen molar-refractivity contribution in [3.63, 3.8) is 0 Å². The summed E-state index contributed by atoms with van der Waals surface area (Å²) >= 11 is 0. The number of unbranched alkanes of at least 4 members (excludes halogenated alkanes) is 7. The fourth-order valence-corrected chi connectivity index (χ4v) is 4.60. The summed E-state index contributed by atoms with van der Waals surface area (Å²) in [4.78, 5) is 0. The molecule has 0 aromatic heterocycles. The van der Waals surface area contributed by atoms with Gasteiger partial charge in [-0.15, -0.1) is 0 Å². The Morgan fingerprint density at radius 3 is 0.778 bits per heavy atom. The maximum Gasteiger partial charge on any atom is 0.394 e. The van der Waals surface area contributed by atoms with Crippen molar-refractivity contribution in [1.29, 1.82) is 0 Å². The molecule has 0 atom stereocenters. The predicted molar refractivity (Wildman–Crippen MR) is 159 cm³/mol. The second-order valence-corrected chi connectivity index (χ2v) is 11.8. The zero-order chi connectivity index (χ0) is 28.3. The van der Waals surface area contributed by atoms with E-state index in [1.54, 1.807) is 0 Å². The zero-order valence-electron chi connectivity index (χ0n) is 25.9. The molecular weight excluding hydrogens is 472 g/mol. The van der Waals surface area contributed by atoms with Gasteiger partial charge in [0.25, 0.3) is 0 Å². The average molecular weight is 541 g/mol. The zero-order valence-corrected chi connectivity index (χ0v) is 26.7. The highest BCUT2D eigenvalue weighted by molar-refractivity contribution is 7.79. The summed E-state index contributed by atoms with van der Waals surface area (Å²) in [5.74, 6) is 0. The van der Waals surface area contributed by atoms with E-state index in [1.807, 2.05) is 0 Å². The second-order valence-electron chi connectivity index (χ2n) is 10.9. The molecule has 2 N–H and O–H groups in total. The van der Waals surface area contributed by atoms with Gasteiger partial charge in [-0.1, -0.05) is 93.4 Å². The molecule has 0 bridgehead atoms. The molecule has 0 aromatic rings. The molecule has 0 unspecified atom stereocenters. The average Bonchev–Trinajstić information content (AvgIpc) is 2.83. The van der Waals surface area contributed by atoms with Crippen molar-refractivity contribution in [2.75, 3.05) is 52.9 Å². The van der Waals surface area contributed by atoms with Crippen LogP contribution in [0.5, 0.6) is 0 Å². The highest BCUT2D eigenvalue weighted by Gasteiger charge is 2.24. The maximum atomic E-state index is 8.74. The summed E-state index contributed by atoms with van der Waals surface area (Å²) in [5.41, 5.74) is 0. The number of quaternary nitrogens is 2. The summed E-state index contributed by atoms with van der Waals surface area (Å²) in [6.45, 7) is 26.1. The fourth-order valence-electron chi connectivity index (χ4n) is 4.60. The Labute approximate surface area is 228 Å². The first kappa shape index (κ1) is 40.3. The van der Waals surface area contributed by atoms with Gasteiger partial charge in [-0.05, 0) is 44.9 Å². The molecule has 0 aliphatic heterocycles. The van der Waals surface area contributed by atoms with Gasteiger partial charge in [-0.25, -0.2) is 0 Å². The minimum Gasteiger partial charge on any atom is -0.326 e. The third-order valence-corrected chi connectivity index (χ3v) is 7.10. The minimum atomic E-state index is -4.67. The van der Waals surface area contributed by atoms with Crippen LogP contribution in [0.4, 0.5) is 0 Å². The molecule has 0 spiro atoms. The summed E-state index contributed by atoms with van der Waals surface area (Å²) in [5, 5.41) is 0. The van der Waals surface area contributed by atoms with Crippen molar-refractivity contribution in [3.05, 3.63) is 0 Å². The Morgan fingerprint density at radius 2 is 0.611 bits per heavy atom. The molecule has 0 aromatic carbocycles. The smallest absolute Gasteiger partial charge is 0.326 e. The first-order valence-corrected chi connectivity index (χ1v) is 16.7. The number of hydrogen-bond donors (Lipinski definition) is 2. The van der Waals surface area contributed by atoms with Crippen LogP contribution < -0.4 is 0 Å². The van der Waals surface area contributed by atoms with Crippen LogP contribution in [0.3, 0.4) is 0 Å². The van der Waals surface area contributed by atoms with Gasteiger partial charge in [-0.2, -0.15) is 8.42 Å². The lowest BCUT2D eigenvalue weighted by molar-refractivity contribution is -0.929. The van der Waals surface area contributed by atoms with E-state index in [0.717, 1.165) is 0 Å². The summed E-state index contributed by atoms with van der Waals surface area (Å²) in [6, 6.07) is 0. The normalized spacial score (nSPS) is 11.9. The molecule has 36 heavy (non-hydrogen) atoms. The molecule has 6 nitrogen and oxygen atoms in total. The Kier molecular flexibility index (Phi) is 29.5. The van der Waals surface area contributed by atoms with Crippen molar-refractivity contribution in [2.24, 2.45) is 0 Å². The van der Waals surface area contributed by atoms with Gasteiger partial charge in [0.2, 0.25) is 0 Å². The predicted octanol–water partition coefficient (Wildman–Crippen LogP) is 8.18.